The second kappa shape index (κ2) is 22.6. The van der Waals surface area contributed by atoms with Gasteiger partial charge in [0, 0.05) is 68.2 Å². The van der Waals surface area contributed by atoms with Crippen molar-refractivity contribution in [2.75, 3.05) is 19.6 Å². The average molecular weight is 1140 g/mol. The number of fused-ring (bicyclic) bond motifs is 10. The predicted molar refractivity (Wildman–Crippen MR) is 372 cm³/mol. The minimum atomic E-state index is -0.662. The Kier molecular flexibility index (Phi) is 13.4. The third-order valence-electron chi connectivity index (χ3n) is 17.7. The van der Waals surface area contributed by atoms with E-state index in [1.165, 1.54) is 44.5 Å². The first kappa shape index (κ1) is 52.8. The van der Waals surface area contributed by atoms with Gasteiger partial charge in [-0.25, -0.2) is 0 Å². The van der Waals surface area contributed by atoms with Gasteiger partial charge in [-0.2, -0.15) is 0 Å². The van der Waals surface area contributed by atoms with E-state index in [1.54, 1.807) is 0 Å². The molecule has 16 rings (SSSR count). The summed E-state index contributed by atoms with van der Waals surface area (Å²) in [6, 6.07) is 133. The molecular weight excluding hydrogens is 1080 g/mol. The maximum absolute atomic E-state index is 2.52. The van der Waals surface area contributed by atoms with Gasteiger partial charge in [-0.1, -0.05) is 218 Å². The zero-order chi connectivity index (χ0) is 59.1. The number of para-hydroxylation sites is 8. The monoisotopic (exact) mass is 1140 g/mol. The summed E-state index contributed by atoms with van der Waals surface area (Å²) in [6.45, 7) is 0. The molecule has 14 aromatic carbocycles. The molecule has 1 spiro atoms. The second-order valence-electron chi connectivity index (χ2n) is 22.9. The van der Waals surface area contributed by atoms with Gasteiger partial charge >= 0.3 is 0 Å². The van der Waals surface area contributed by atoms with E-state index in [0.29, 0.717) is 0 Å². The lowest BCUT2D eigenvalue weighted by Gasteiger charge is -2.32. The zero-order valence-corrected chi connectivity index (χ0v) is 48.9. The fourth-order valence-electron chi connectivity index (χ4n) is 13.9. The molecule has 0 fully saturated rings. The maximum atomic E-state index is 2.52. The highest BCUT2D eigenvalue weighted by molar-refractivity contribution is 5.98. The van der Waals surface area contributed by atoms with Gasteiger partial charge in [0.2, 0.25) is 0 Å². The highest BCUT2D eigenvalue weighted by atomic mass is 15.2. The van der Waals surface area contributed by atoms with Gasteiger partial charge in [-0.15, -0.1) is 0 Å². The Morgan fingerprint density at radius 3 is 0.607 bits per heavy atom. The molecule has 0 unspecified atom stereocenters. The Labute approximate surface area is 521 Å². The number of anilines is 12. The summed E-state index contributed by atoms with van der Waals surface area (Å²) in [5.74, 6) is 0. The van der Waals surface area contributed by atoms with Crippen LogP contribution in [0, 0.1) is 0 Å². The van der Waals surface area contributed by atoms with Crippen molar-refractivity contribution in [2.45, 2.75) is 5.41 Å². The lowest BCUT2D eigenvalue weighted by atomic mass is 9.70. The normalized spacial score (nSPS) is 12.1. The molecule has 0 saturated heterocycles. The van der Waals surface area contributed by atoms with Crippen LogP contribution < -0.4 is 19.6 Å². The summed E-state index contributed by atoms with van der Waals surface area (Å²) in [5, 5.41) is 0. The first-order chi connectivity index (χ1) is 44.2. The summed E-state index contributed by atoms with van der Waals surface area (Å²) in [6.07, 6.45) is 0. The molecule has 0 bridgehead atoms. The Balaban J connectivity index is 0.932. The van der Waals surface area contributed by atoms with Crippen LogP contribution in [0.25, 0.3) is 44.5 Å². The van der Waals surface area contributed by atoms with Crippen LogP contribution in [-0.4, -0.2) is 0 Å². The SMILES string of the molecule is c1ccc(N(c2ccccc2)c2cc(-c3ccc4c(c3)C3(c5ccccc5-c5ccccc53)c3cc(-c5cc(N(c6ccccc6)c6ccccc6)cc(N(c6ccccc6)c6ccccc6)c5)ccc3-4)cc(N(c3ccccc3)c3ccccc3)c2)cc1. The minimum absolute atomic E-state index is 0.662. The van der Waals surface area contributed by atoms with Gasteiger partial charge in [0.25, 0.3) is 0 Å². The van der Waals surface area contributed by atoms with Crippen LogP contribution in [0.2, 0.25) is 0 Å². The molecular formula is C85H60N4. The fourth-order valence-corrected chi connectivity index (χ4v) is 13.9. The van der Waals surface area contributed by atoms with Crippen LogP contribution in [-0.2, 0) is 5.41 Å². The van der Waals surface area contributed by atoms with Gasteiger partial charge in [0.1, 0.15) is 0 Å². The van der Waals surface area contributed by atoms with Crippen molar-refractivity contribution in [3.05, 3.63) is 386 Å². The summed E-state index contributed by atoms with van der Waals surface area (Å²) in [5.41, 5.74) is 26.7. The molecule has 14 aromatic rings. The molecule has 4 nitrogen and oxygen atoms in total. The molecule has 0 aliphatic heterocycles. The third kappa shape index (κ3) is 9.34. The summed E-state index contributed by atoms with van der Waals surface area (Å²) < 4.78 is 0. The van der Waals surface area contributed by atoms with E-state index in [2.05, 4.69) is 384 Å². The zero-order valence-electron chi connectivity index (χ0n) is 48.9. The van der Waals surface area contributed by atoms with Crippen LogP contribution in [0.15, 0.2) is 364 Å². The van der Waals surface area contributed by atoms with Crippen molar-refractivity contribution in [1.29, 1.82) is 0 Å². The molecule has 89 heavy (non-hydrogen) atoms. The first-order valence-electron chi connectivity index (χ1n) is 30.6. The number of nitrogens with zero attached hydrogens (tertiary/aromatic N) is 4. The quantitative estimate of drug-likeness (QED) is 0.108. The van der Waals surface area contributed by atoms with E-state index in [4.69, 9.17) is 0 Å². The Morgan fingerprint density at radius 2 is 0.360 bits per heavy atom. The predicted octanol–water partition coefficient (Wildman–Crippen LogP) is 23.2. The largest absolute Gasteiger partial charge is 0.310 e. The lowest BCUT2D eigenvalue weighted by Crippen LogP contribution is -2.26. The minimum Gasteiger partial charge on any atom is -0.310 e. The van der Waals surface area contributed by atoms with Crippen LogP contribution in [0.3, 0.4) is 0 Å². The fraction of sp³-hybridized carbons (Fsp3) is 0.0118. The molecule has 4 heteroatoms. The molecule has 0 saturated carbocycles. The van der Waals surface area contributed by atoms with Crippen molar-refractivity contribution in [2.24, 2.45) is 0 Å². The van der Waals surface area contributed by atoms with Gasteiger partial charge < -0.3 is 19.6 Å². The first-order valence-corrected chi connectivity index (χ1v) is 30.6. The molecule has 420 valence electrons. The molecule has 2 aliphatic rings. The van der Waals surface area contributed by atoms with Crippen LogP contribution in [0.4, 0.5) is 68.2 Å². The molecule has 0 N–H and O–H groups in total. The smallest absolute Gasteiger partial charge is 0.0725 e. The Bertz CT molecular complexity index is 4160. The van der Waals surface area contributed by atoms with Gasteiger partial charge in [-0.05, 0) is 212 Å². The van der Waals surface area contributed by atoms with E-state index in [9.17, 15) is 0 Å². The van der Waals surface area contributed by atoms with Crippen molar-refractivity contribution in [3.8, 4) is 44.5 Å². The highest BCUT2D eigenvalue weighted by Crippen LogP contribution is 2.64. The van der Waals surface area contributed by atoms with Crippen LogP contribution in [0.5, 0.6) is 0 Å². The van der Waals surface area contributed by atoms with Crippen molar-refractivity contribution in [3.63, 3.8) is 0 Å². The number of hydrogen-bond donors (Lipinski definition) is 0. The van der Waals surface area contributed by atoms with E-state index >= 15 is 0 Å². The van der Waals surface area contributed by atoms with Crippen LogP contribution >= 0.6 is 0 Å². The van der Waals surface area contributed by atoms with Crippen molar-refractivity contribution in [1.82, 2.24) is 0 Å². The summed E-state index contributed by atoms with van der Waals surface area (Å²) in [4.78, 5) is 9.54. The van der Waals surface area contributed by atoms with E-state index in [1.807, 2.05) is 0 Å². The standard InChI is InChI=1S/C85H60N4/c1-9-29-65(30-10-1)86(66-31-11-2-12-32-66)73-53-63(54-74(59-73)87(67-33-13-3-14-34-67)68-35-15-4-16-36-68)61-49-51-79-80-52-50-62(58-84(80)85(83(79)57-61)81-47-27-25-45-77(81)78-46-26-28-48-82(78)85)64-55-75(88(69-37-17-5-18-38-69)70-39-19-6-20-40-70)60-76(56-64)89(71-41-21-7-22-42-71)72-43-23-8-24-44-72/h1-60H. The maximum Gasteiger partial charge on any atom is 0.0725 e. The second-order valence-corrected chi connectivity index (χ2v) is 22.9. The average Bonchev–Trinajstić information content (AvgIpc) is 1.52. The van der Waals surface area contributed by atoms with E-state index in [-0.39, 0.29) is 0 Å². The van der Waals surface area contributed by atoms with Crippen molar-refractivity contribution < 1.29 is 0 Å². The van der Waals surface area contributed by atoms with E-state index < -0.39 is 5.41 Å². The topological polar surface area (TPSA) is 13.0 Å². The van der Waals surface area contributed by atoms with Crippen LogP contribution in [0.1, 0.15) is 22.3 Å². The number of hydrogen-bond acceptors (Lipinski definition) is 4. The molecule has 0 atom stereocenters. The molecule has 2 aliphatic carbocycles. The molecule has 0 heterocycles. The van der Waals surface area contributed by atoms with E-state index in [0.717, 1.165) is 90.5 Å². The Morgan fingerprint density at radius 1 is 0.146 bits per heavy atom. The van der Waals surface area contributed by atoms with Gasteiger partial charge in [0.05, 0.1) is 5.41 Å². The molecule has 0 radical (unpaired) electrons. The number of benzene rings is 14. The Hall–Kier alpha value is -11.7. The van der Waals surface area contributed by atoms with Gasteiger partial charge in [0.15, 0.2) is 0 Å². The molecule has 0 aromatic heterocycles. The van der Waals surface area contributed by atoms with Gasteiger partial charge in [-0.3, -0.25) is 0 Å². The highest BCUT2D eigenvalue weighted by Gasteiger charge is 2.52. The summed E-state index contributed by atoms with van der Waals surface area (Å²) in [7, 11) is 0. The molecule has 0 amide bonds. The third-order valence-corrected chi connectivity index (χ3v) is 17.7. The summed E-state index contributed by atoms with van der Waals surface area (Å²) >= 11 is 0. The number of rotatable bonds is 14. The lowest BCUT2D eigenvalue weighted by molar-refractivity contribution is 0.794. The van der Waals surface area contributed by atoms with Crippen molar-refractivity contribution >= 4 is 68.2 Å².